The van der Waals surface area contributed by atoms with Crippen molar-refractivity contribution in [3.8, 4) is 6.01 Å². The van der Waals surface area contributed by atoms with Crippen LogP contribution in [0.5, 0.6) is 6.01 Å². The molecular weight excluding hydrogens is 362 g/mol. The van der Waals surface area contributed by atoms with E-state index in [0.717, 1.165) is 11.3 Å². The summed E-state index contributed by atoms with van der Waals surface area (Å²) in [6.07, 6.45) is 0.327. The van der Waals surface area contributed by atoms with E-state index in [2.05, 4.69) is 15.1 Å². The minimum atomic E-state index is -0.551. The van der Waals surface area contributed by atoms with Crippen molar-refractivity contribution in [1.29, 1.82) is 0 Å². The van der Waals surface area contributed by atoms with E-state index in [0.29, 0.717) is 12.0 Å². The number of hydrogen-bond acceptors (Lipinski definition) is 7. The zero-order valence-corrected chi connectivity index (χ0v) is 15.5. The Morgan fingerprint density at radius 3 is 2.75 bits per heavy atom. The summed E-state index contributed by atoms with van der Waals surface area (Å²) in [6, 6.07) is 11.0. The largest absolute Gasteiger partial charge is 0.464 e. The third-order valence-corrected chi connectivity index (χ3v) is 4.76. The van der Waals surface area contributed by atoms with Gasteiger partial charge in [0.15, 0.2) is 0 Å². The van der Waals surface area contributed by atoms with Crippen LogP contribution in [0.25, 0.3) is 11.1 Å². The Hall–Kier alpha value is -3.42. The predicted octanol–water partition coefficient (Wildman–Crippen LogP) is 2.26. The lowest BCUT2D eigenvalue weighted by Crippen LogP contribution is -2.28. The summed E-state index contributed by atoms with van der Waals surface area (Å²) in [6.45, 7) is 3.95. The molecule has 0 radical (unpaired) electrons. The lowest BCUT2D eigenvalue weighted by Gasteiger charge is -2.16. The molecule has 0 fully saturated rings. The highest BCUT2D eigenvalue weighted by Crippen LogP contribution is 2.24. The first-order valence-electron chi connectivity index (χ1n) is 9.05. The van der Waals surface area contributed by atoms with Gasteiger partial charge in [-0.05, 0) is 24.5 Å². The number of benzene rings is 1. The van der Waals surface area contributed by atoms with E-state index in [4.69, 9.17) is 14.0 Å². The van der Waals surface area contributed by atoms with E-state index in [1.807, 2.05) is 44.2 Å². The topological polar surface area (TPSA) is 107 Å². The highest BCUT2D eigenvalue weighted by atomic mass is 16.6. The van der Waals surface area contributed by atoms with E-state index in [9.17, 15) is 9.59 Å². The SMILES string of the molecule is CCc1cc(=O)oc2nc(OCC3C(c4ccccc4)=NOC3C)[nH]c(=O)c12. The summed E-state index contributed by atoms with van der Waals surface area (Å²) in [5.74, 6) is -0.141. The number of fused-ring (bicyclic) bond motifs is 1. The van der Waals surface area contributed by atoms with Gasteiger partial charge in [-0.15, -0.1) is 0 Å². The van der Waals surface area contributed by atoms with Crippen LogP contribution in [0.2, 0.25) is 0 Å². The Bertz CT molecular complexity index is 1150. The van der Waals surface area contributed by atoms with Crippen molar-refractivity contribution in [3.05, 3.63) is 68.3 Å². The maximum atomic E-state index is 12.5. The van der Waals surface area contributed by atoms with Crippen LogP contribution >= 0.6 is 0 Å². The second kappa shape index (κ2) is 7.30. The highest BCUT2D eigenvalue weighted by Gasteiger charge is 2.32. The van der Waals surface area contributed by atoms with E-state index in [1.54, 1.807) is 0 Å². The minimum absolute atomic E-state index is 0.0135. The average molecular weight is 381 g/mol. The molecule has 3 aromatic rings. The quantitative estimate of drug-likeness (QED) is 0.726. The average Bonchev–Trinajstić information content (AvgIpc) is 3.06. The number of oxime groups is 1. The minimum Gasteiger partial charge on any atom is -0.464 e. The molecule has 0 spiro atoms. The van der Waals surface area contributed by atoms with E-state index in [-0.39, 0.29) is 35.7 Å². The van der Waals surface area contributed by atoms with Crippen molar-refractivity contribution in [2.24, 2.45) is 11.1 Å². The maximum absolute atomic E-state index is 12.5. The number of H-pyrrole nitrogens is 1. The summed E-state index contributed by atoms with van der Waals surface area (Å²) in [5, 5.41) is 4.43. The molecule has 28 heavy (non-hydrogen) atoms. The lowest BCUT2D eigenvalue weighted by atomic mass is 9.94. The van der Waals surface area contributed by atoms with Gasteiger partial charge in [0, 0.05) is 6.07 Å². The van der Waals surface area contributed by atoms with E-state index >= 15 is 0 Å². The Kier molecular flexibility index (Phi) is 4.68. The summed E-state index contributed by atoms with van der Waals surface area (Å²) in [7, 11) is 0. The van der Waals surface area contributed by atoms with Crippen LogP contribution in [0.15, 0.2) is 55.6 Å². The fourth-order valence-corrected chi connectivity index (χ4v) is 3.24. The fourth-order valence-electron chi connectivity index (χ4n) is 3.24. The Morgan fingerprint density at radius 1 is 1.21 bits per heavy atom. The van der Waals surface area contributed by atoms with Gasteiger partial charge >= 0.3 is 5.63 Å². The van der Waals surface area contributed by atoms with Crippen LogP contribution in [-0.4, -0.2) is 28.4 Å². The number of aromatic amines is 1. The summed E-state index contributed by atoms with van der Waals surface area (Å²) < 4.78 is 10.8. The molecule has 8 heteroatoms. The van der Waals surface area contributed by atoms with Gasteiger partial charge in [-0.1, -0.05) is 42.4 Å². The third-order valence-electron chi connectivity index (χ3n) is 4.76. The van der Waals surface area contributed by atoms with Gasteiger partial charge in [-0.2, -0.15) is 4.98 Å². The molecule has 0 saturated heterocycles. The molecule has 2 unspecified atom stereocenters. The maximum Gasteiger partial charge on any atom is 0.337 e. The normalized spacial score (nSPS) is 18.7. The van der Waals surface area contributed by atoms with Crippen LogP contribution < -0.4 is 15.9 Å². The first kappa shape index (κ1) is 18.0. The van der Waals surface area contributed by atoms with E-state index in [1.165, 1.54) is 6.07 Å². The summed E-state index contributed by atoms with van der Waals surface area (Å²) in [4.78, 5) is 36.3. The van der Waals surface area contributed by atoms with Crippen molar-refractivity contribution in [2.45, 2.75) is 26.4 Å². The zero-order chi connectivity index (χ0) is 19.7. The van der Waals surface area contributed by atoms with Gasteiger partial charge < -0.3 is 14.0 Å². The van der Waals surface area contributed by atoms with Gasteiger partial charge in [-0.3, -0.25) is 9.78 Å². The number of rotatable bonds is 5. The van der Waals surface area contributed by atoms with Crippen LogP contribution in [-0.2, 0) is 11.3 Å². The molecule has 2 atom stereocenters. The molecule has 0 aliphatic carbocycles. The van der Waals surface area contributed by atoms with Crippen molar-refractivity contribution in [3.63, 3.8) is 0 Å². The smallest absolute Gasteiger partial charge is 0.337 e. The lowest BCUT2D eigenvalue weighted by molar-refractivity contribution is 0.0617. The monoisotopic (exact) mass is 381 g/mol. The molecule has 1 aliphatic heterocycles. The molecule has 0 bridgehead atoms. The molecule has 1 N–H and O–H groups in total. The van der Waals surface area contributed by atoms with Crippen molar-refractivity contribution in [1.82, 2.24) is 9.97 Å². The number of nitrogens with one attached hydrogen (secondary N) is 1. The van der Waals surface area contributed by atoms with Crippen LogP contribution in [0, 0.1) is 5.92 Å². The molecular formula is C20H19N3O5. The van der Waals surface area contributed by atoms with Gasteiger partial charge in [0.2, 0.25) is 5.71 Å². The Morgan fingerprint density at radius 2 is 2.00 bits per heavy atom. The van der Waals surface area contributed by atoms with E-state index < -0.39 is 11.2 Å². The highest BCUT2D eigenvalue weighted by molar-refractivity contribution is 6.03. The molecule has 144 valence electrons. The fraction of sp³-hybridized carbons (Fsp3) is 0.300. The van der Waals surface area contributed by atoms with Crippen molar-refractivity contribution in [2.75, 3.05) is 6.61 Å². The van der Waals surface area contributed by atoms with Crippen LogP contribution in [0.4, 0.5) is 0 Å². The van der Waals surface area contributed by atoms with Crippen LogP contribution in [0.3, 0.4) is 0 Å². The van der Waals surface area contributed by atoms with Gasteiger partial charge in [-0.25, -0.2) is 4.79 Å². The Balaban J connectivity index is 1.61. The number of nitrogens with zero attached hydrogens (tertiary/aromatic N) is 2. The molecule has 2 aromatic heterocycles. The molecule has 0 saturated carbocycles. The second-order valence-electron chi connectivity index (χ2n) is 6.57. The summed E-state index contributed by atoms with van der Waals surface area (Å²) >= 11 is 0. The molecule has 4 rings (SSSR count). The van der Waals surface area contributed by atoms with Gasteiger partial charge in [0.05, 0.1) is 11.6 Å². The van der Waals surface area contributed by atoms with Crippen molar-refractivity contribution >= 4 is 16.8 Å². The first-order chi connectivity index (χ1) is 13.6. The third kappa shape index (κ3) is 3.28. The second-order valence-corrected chi connectivity index (χ2v) is 6.57. The standard InChI is InChI=1S/C20H19N3O5/c1-3-12-9-15(24)27-19-16(12)18(25)21-20(22-19)26-10-14-11(2)28-23-17(14)13-7-5-4-6-8-13/h4-9,11,14H,3,10H2,1-2H3,(H,21,22,25). The Labute approximate surface area is 159 Å². The number of aryl methyl sites for hydroxylation is 1. The zero-order valence-electron chi connectivity index (χ0n) is 15.5. The number of hydrogen-bond donors (Lipinski definition) is 1. The molecule has 0 amide bonds. The molecule has 1 aliphatic rings. The molecule has 3 heterocycles. The molecule has 8 nitrogen and oxygen atoms in total. The van der Waals surface area contributed by atoms with Gasteiger partial charge in [0.1, 0.15) is 18.1 Å². The summed E-state index contributed by atoms with van der Waals surface area (Å²) in [5.41, 5.74) is 1.31. The molecule has 1 aromatic carbocycles. The first-order valence-corrected chi connectivity index (χ1v) is 9.05. The number of aromatic nitrogens is 2. The number of ether oxygens (including phenoxy) is 1. The predicted molar refractivity (Wildman–Crippen MR) is 103 cm³/mol. The van der Waals surface area contributed by atoms with Crippen LogP contribution in [0.1, 0.15) is 25.0 Å². The van der Waals surface area contributed by atoms with Crippen molar-refractivity contribution < 1.29 is 14.0 Å². The van der Waals surface area contributed by atoms with Gasteiger partial charge in [0.25, 0.3) is 11.6 Å².